The fourth-order valence-corrected chi connectivity index (χ4v) is 5.41. The van der Waals surface area contributed by atoms with Crippen LogP contribution >= 0.6 is 0 Å². The molecule has 33 heavy (non-hydrogen) atoms. The highest BCUT2D eigenvalue weighted by Crippen LogP contribution is 2.62. The summed E-state index contributed by atoms with van der Waals surface area (Å²) in [6.45, 7) is 1.22. The van der Waals surface area contributed by atoms with Crippen molar-refractivity contribution in [1.29, 1.82) is 0 Å². The Morgan fingerprint density at radius 3 is 2.67 bits per heavy atom. The van der Waals surface area contributed by atoms with Crippen molar-refractivity contribution in [2.75, 3.05) is 5.32 Å². The third-order valence-electron chi connectivity index (χ3n) is 6.76. The van der Waals surface area contributed by atoms with E-state index >= 15 is 0 Å². The van der Waals surface area contributed by atoms with Crippen molar-refractivity contribution >= 4 is 22.6 Å². The molecule has 11 heteroatoms. The number of nitrogens with zero attached hydrogens (tertiary/aromatic N) is 6. The summed E-state index contributed by atoms with van der Waals surface area (Å²) in [4.78, 5) is 13.3. The summed E-state index contributed by atoms with van der Waals surface area (Å²) in [5.41, 5.74) is 2.84. The fourth-order valence-electron chi connectivity index (χ4n) is 5.41. The van der Waals surface area contributed by atoms with Gasteiger partial charge in [0.05, 0.1) is 24.0 Å². The maximum Gasteiger partial charge on any atom is 0.256 e. The Balaban J connectivity index is 1.24. The molecule has 2 fully saturated rings. The molecule has 4 heterocycles. The Labute approximate surface area is 185 Å². The second-order valence-corrected chi connectivity index (χ2v) is 9.30. The third kappa shape index (κ3) is 3.41. The van der Waals surface area contributed by atoms with Gasteiger partial charge in [-0.25, -0.2) is 37.0 Å². The van der Waals surface area contributed by atoms with Crippen LogP contribution in [0.15, 0.2) is 30.6 Å². The zero-order valence-corrected chi connectivity index (χ0v) is 17.8. The smallest absolute Gasteiger partial charge is 0.256 e. The molecule has 0 radical (unpaired) electrons. The summed E-state index contributed by atoms with van der Waals surface area (Å²) in [5.74, 6) is -1.58. The number of nitrogens with one attached hydrogen (secondary N) is 1. The first-order valence-corrected chi connectivity index (χ1v) is 10.8. The van der Waals surface area contributed by atoms with E-state index in [-0.39, 0.29) is 24.3 Å². The number of fused-ring (bicyclic) bond motifs is 2. The zero-order chi connectivity index (χ0) is 23.0. The lowest BCUT2D eigenvalue weighted by molar-refractivity contribution is -0.193. The molecule has 1 spiro atoms. The first-order valence-electron chi connectivity index (χ1n) is 10.8. The molecule has 0 amide bonds. The molecule has 0 bridgehead atoms. The first kappa shape index (κ1) is 20.4. The Morgan fingerprint density at radius 2 is 1.94 bits per heavy atom. The standard InChI is InChI=1S/C22H21F4N7/c1-12-28-16-3-2-15(30-19(16)32(12)9-18(23)24)14-4-5-33-17(14)8-27-20(31-33)29-13-6-21(7-13)10-22(25,26)11-21/h2-5,8,13,18H,6-7,9-11H2,1H3,(H,29,31). The Morgan fingerprint density at radius 1 is 1.15 bits per heavy atom. The lowest BCUT2D eigenvalue weighted by atomic mass is 9.52. The number of pyridine rings is 1. The topological polar surface area (TPSA) is 72.9 Å². The van der Waals surface area contributed by atoms with Gasteiger partial charge < -0.3 is 9.88 Å². The van der Waals surface area contributed by atoms with Crippen molar-refractivity contribution in [2.24, 2.45) is 5.41 Å². The Hall–Kier alpha value is -3.24. The van der Waals surface area contributed by atoms with Crippen LogP contribution in [0.25, 0.3) is 27.9 Å². The molecule has 4 aromatic rings. The number of halogens is 4. The van der Waals surface area contributed by atoms with Crippen LogP contribution in [-0.2, 0) is 6.54 Å². The molecule has 2 aliphatic rings. The summed E-state index contributed by atoms with van der Waals surface area (Å²) < 4.78 is 55.5. The molecule has 2 aliphatic carbocycles. The van der Waals surface area contributed by atoms with Gasteiger partial charge in [0.1, 0.15) is 11.3 Å². The van der Waals surface area contributed by atoms with Gasteiger partial charge in [-0.2, -0.15) is 0 Å². The number of imidazole rings is 1. The molecule has 0 saturated heterocycles. The number of anilines is 1. The monoisotopic (exact) mass is 459 g/mol. The van der Waals surface area contributed by atoms with Gasteiger partial charge in [-0.15, -0.1) is 5.10 Å². The lowest BCUT2D eigenvalue weighted by Crippen LogP contribution is -2.57. The van der Waals surface area contributed by atoms with Crippen molar-refractivity contribution in [2.45, 2.75) is 57.5 Å². The van der Waals surface area contributed by atoms with Crippen LogP contribution in [-0.4, -0.2) is 47.5 Å². The zero-order valence-electron chi connectivity index (χ0n) is 17.8. The first-order chi connectivity index (χ1) is 15.7. The van der Waals surface area contributed by atoms with Crippen LogP contribution in [0.2, 0.25) is 0 Å². The van der Waals surface area contributed by atoms with Gasteiger partial charge in [0, 0.05) is 30.6 Å². The highest BCUT2D eigenvalue weighted by atomic mass is 19.3. The second kappa shape index (κ2) is 6.88. The van der Waals surface area contributed by atoms with Gasteiger partial charge in [0.15, 0.2) is 5.65 Å². The molecule has 7 nitrogen and oxygen atoms in total. The molecule has 172 valence electrons. The van der Waals surface area contributed by atoms with Crippen molar-refractivity contribution in [3.63, 3.8) is 0 Å². The van der Waals surface area contributed by atoms with Crippen LogP contribution in [0, 0.1) is 12.3 Å². The van der Waals surface area contributed by atoms with Crippen LogP contribution in [0.4, 0.5) is 23.5 Å². The van der Waals surface area contributed by atoms with Crippen molar-refractivity contribution in [1.82, 2.24) is 29.1 Å². The van der Waals surface area contributed by atoms with Crippen molar-refractivity contribution < 1.29 is 17.6 Å². The number of hydrogen-bond acceptors (Lipinski definition) is 5. The van der Waals surface area contributed by atoms with Crippen molar-refractivity contribution in [3.05, 3.63) is 36.4 Å². The van der Waals surface area contributed by atoms with Gasteiger partial charge >= 0.3 is 0 Å². The SMILES string of the molecule is Cc1nc2ccc(-c3ccn4nc(NC5CC6(C5)CC(F)(F)C6)ncc34)nc2n1CC(F)F. The summed E-state index contributed by atoms with van der Waals surface area (Å²) in [6, 6.07) is 5.50. The Bertz CT molecular complexity index is 1360. The molecule has 0 aromatic carbocycles. The maximum absolute atomic E-state index is 13.2. The molecule has 2 saturated carbocycles. The number of hydrogen-bond donors (Lipinski definition) is 1. The van der Waals surface area contributed by atoms with Gasteiger partial charge in [0.25, 0.3) is 6.43 Å². The largest absolute Gasteiger partial charge is 0.350 e. The van der Waals surface area contributed by atoms with Crippen LogP contribution < -0.4 is 5.32 Å². The summed E-state index contributed by atoms with van der Waals surface area (Å²) in [6.07, 6.45) is 2.31. The molecular formula is C22H21F4N7. The predicted molar refractivity (Wildman–Crippen MR) is 114 cm³/mol. The Kier molecular flexibility index (Phi) is 4.25. The van der Waals surface area contributed by atoms with Crippen LogP contribution in [0.3, 0.4) is 0 Å². The minimum atomic E-state index is -2.51. The molecule has 0 unspecified atom stereocenters. The van der Waals surface area contributed by atoms with E-state index in [1.165, 1.54) is 4.57 Å². The molecule has 0 aliphatic heterocycles. The molecule has 0 atom stereocenters. The number of aryl methyl sites for hydroxylation is 1. The highest BCUT2D eigenvalue weighted by molar-refractivity contribution is 5.82. The molecule has 4 aromatic heterocycles. The van der Waals surface area contributed by atoms with E-state index in [9.17, 15) is 17.6 Å². The van der Waals surface area contributed by atoms with E-state index in [4.69, 9.17) is 0 Å². The second-order valence-electron chi connectivity index (χ2n) is 9.30. The molecule has 6 rings (SSSR count). The van der Waals surface area contributed by atoms with E-state index in [2.05, 4.69) is 25.4 Å². The number of alkyl halides is 4. The summed E-state index contributed by atoms with van der Waals surface area (Å²) in [7, 11) is 0. The molecule has 1 N–H and O–H groups in total. The third-order valence-corrected chi connectivity index (χ3v) is 6.76. The van der Waals surface area contributed by atoms with Gasteiger partial charge in [0.2, 0.25) is 11.9 Å². The maximum atomic E-state index is 13.2. The lowest BCUT2D eigenvalue weighted by Gasteiger charge is -2.57. The van der Waals surface area contributed by atoms with Gasteiger partial charge in [-0.05, 0) is 43.4 Å². The van der Waals surface area contributed by atoms with Gasteiger partial charge in [-0.1, -0.05) is 0 Å². The summed E-state index contributed by atoms with van der Waals surface area (Å²) >= 11 is 0. The van der Waals surface area contributed by atoms with Crippen LogP contribution in [0.1, 0.15) is 31.5 Å². The summed E-state index contributed by atoms with van der Waals surface area (Å²) in [5, 5.41) is 7.73. The molecular weight excluding hydrogens is 438 g/mol. The average Bonchev–Trinajstić information content (AvgIpc) is 3.25. The fraction of sp³-hybridized carbons (Fsp3) is 0.455. The van der Waals surface area contributed by atoms with Crippen LogP contribution in [0.5, 0.6) is 0 Å². The average molecular weight is 459 g/mol. The normalized spacial score (nSPS) is 19.3. The number of rotatable bonds is 5. The van der Waals surface area contributed by atoms with E-state index in [0.717, 1.165) is 5.56 Å². The number of aromatic nitrogens is 6. The van der Waals surface area contributed by atoms with Gasteiger partial charge in [-0.3, -0.25) is 0 Å². The highest BCUT2D eigenvalue weighted by Gasteiger charge is 2.61. The van der Waals surface area contributed by atoms with E-state index in [1.807, 2.05) is 6.07 Å². The minimum Gasteiger partial charge on any atom is -0.350 e. The van der Waals surface area contributed by atoms with E-state index < -0.39 is 18.9 Å². The van der Waals surface area contributed by atoms with E-state index in [0.29, 0.717) is 47.0 Å². The van der Waals surface area contributed by atoms with Crippen molar-refractivity contribution in [3.8, 4) is 11.3 Å². The quantitative estimate of drug-likeness (QED) is 0.438. The minimum absolute atomic E-state index is 0.0217. The van der Waals surface area contributed by atoms with E-state index in [1.54, 1.807) is 36.0 Å². The predicted octanol–water partition coefficient (Wildman–Crippen LogP) is 4.70.